The van der Waals surface area contributed by atoms with Gasteiger partial charge in [0.25, 0.3) is 0 Å². The summed E-state index contributed by atoms with van der Waals surface area (Å²) >= 11 is 7.03. The second kappa shape index (κ2) is 9.68. The zero-order valence-electron chi connectivity index (χ0n) is 20.0. The smallest absolute Gasteiger partial charge is 0.0870 e. The molecule has 0 amide bonds. The SMILES string of the molecule is C[Si](C)(c1ccccc1)C([Si](C)(C)c1ccccc1)P(=S)(c1ccccc1)c1ccccc1. The van der Waals surface area contributed by atoms with Crippen molar-refractivity contribution in [1.29, 1.82) is 0 Å². The fourth-order valence-electron chi connectivity index (χ4n) is 5.61. The summed E-state index contributed by atoms with van der Waals surface area (Å²) in [5, 5.41) is 5.72. The predicted octanol–water partition coefficient (Wildman–Crippen LogP) is 5.80. The van der Waals surface area contributed by atoms with E-state index in [1.54, 1.807) is 0 Å². The van der Waals surface area contributed by atoms with Crippen molar-refractivity contribution in [2.75, 3.05) is 0 Å². The molecule has 168 valence electrons. The van der Waals surface area contributed by atoms with E-state index in [2.05, 4.69) is 148 Å². The van der Waals surface area contributed by atoms with Gasteiger partial charge in [0, 0.05) is 6.04 Å². The third-order valence-electron chi connectivity index (χ3n) is 7.05. The quantitative estimate of drug-likeness (QED) is 0.228. The van der Waals surface area contributed by atoms with Gasteiger partial charge in [-0.15, -0.1) is 0 Å². The molecule has 0 heterocycles. The largest absolute Gasteiger partial charge is 0.0879 e. The summed E-state index contributed by atoms with van der Waals surface area (Å²) in [7, 11) is -4.04. The first-order chi connectivity index (χ1) is 15.8. The molecule has 33 heavy (non-hydrogen) atoms. The Bertz CT molecular complexity index is 1130. The Balaban J connectivity index is 2.07. The van der Waals surface area contributed by atoms with E-state index >= 15 is 0 Å². The molecule has 0 atom stereocenters. The Morgan fingerprint density at radius 3 is 1.06 bits per heavy atom. The van der Waals surface area contributed by atoms with Crippen molar-refractivity contribution in [1.82, 2.24) is 0 Å². The van der Waals surface area contributed by atoms with Gasteiger partial charge < -0.3 is 0 Å². The van der Waals surface area contributed by atoms with Crippen molar-refractivity contribution in [2.24, 2.45) is 0 Å². The van der Waals surface area contributed by atoms with Crippen LogP contribution in [-0.2, 0) is 11.8 Å². The van der Waals surface area contributed by atoms with Crippen LogP contribution in [0.1, 0.15) is 0 Å². The van der Waals surface area contributed by atoms with E-state index in [0.29, 0.717) is 4.91 Å². The van der Waals surface area contributed by atoms with Crippen LogP contribution >= 0.6 is 6.04 Å². The van der Waals surface area contributed by atoms with Crippen LogP contribution < -0.4 is 21.0 Å². The van der Waals surface area contributed by atoms with Crippen LogP contribution in [0.5, 0.6) is 0 Å². The third-order valence-corrected chi connectivity index (χ3v) is 29.8. The fraction of sp³-hybridized carbons (Fsp3) is 0.172. The first-order valence-corrected chi connectivity index (χ1v) is 20.6. The van der Waals surface area contributed by atoms with Crippen LogP contribution in [-0.4, -0.2) is 21.1 Å². The normalized spacial score (nSPS) is 12.6. The average molecular weight is 501 g/mol. The van der Waals surface area contributed by atoms with Gasteiger partial charge in [-0.2, -0.15) is 0 Å². The van der Waals surface area contributed by atoms with Crippen molar-refractivity contribution in [2.45, 2.75) is 31.1 Å². The molecule has 0 N–H and O–H groups in total. The molecule has 0 radical (unpaired) electrons. The Hall–Kier alpha value is -2.04. The number of hydrogen-bond donors (Lipinski definition) is 0. The van der Waals surface area contributed by atoms with Gasteiger partial charge in [0.2, 0.25) is 0 Å². The summed E-state index contributed by atoms with van der Waals surface area (Å²) in [6, 6.07) is 42.4. The highest BCUT2D eigenvalue weighted by molar-refractivity contribution is 8.24. The molecule has 4 aromatic rings. The summed E-state index contributed by atoms with van der Waals surface area (Å²) in [5.74, 6) is 0. The first kappa shape index (κ1) is 24.1. The van der Waals surface area contributed by atoms with Gasteiger partial charge in [-0.25, -0.2) is 0 Å². The van der Waals surface area contributed by atoms with Gasteiger partial charge in [0.05, 0.1) is 16.1 Å². The second-order valence-corrected chi connectivity index (χ2v) is 25.2. The van der Waals surface area contributed by atoms with Crippen molar-refractivity contribution in [3.63, 3.8) is 0 Å². The Kier molecular flexibility index (Phi) is 7.07. The van der Waals surface area contributed by atoms with Crippen LogP contribution in [0, 0.1) is 0 Å². The lowest BCUT2D eigenvalue weighted by Crippen LogP contribution is -2.68. The Labute approximate surface area is 206 Å². The molecule has 0 aromatic heterocycles. The molecule has 0 aliphatic rings. The maximum absolute atomic E-state index is 7.03. The summed E-state index contributed by atoms with van der Waals surface area (Å²) < 4.78 is 0. The highest BCUT2D eigenvalue weighted by Crippen LogP contribution is 2.55. The minimum Gasteiger partial charge on any atom is -0.0879 e. The van der Waals surface area contributed by atoms with Crippen LogP contribution in [0.15, 0.2) is 121 Å². The van der Waals surface area contributed by atoms with E-state index in [4.69, 9.17) is 11.8 Å². The average Bonchev–Trinajstić information content (AvgIpc) is 2.86. The van der Waals surface area contributed by atoms with Gasteiger partial charge in [0.15, 0.2) is 0 Å². The molecule has 0 saturated heterocycles. The molecule has 0 spiro atoms. The molecule has 0 unspecified atom stereocenters. The number of benzene rings is 4. The number of rotatable bonds is 7. The van der Waals surface area contributed by atoms with E-state index in [1.165, 1.54) is 21.0 Å². The van der Waals surface area contributed by atoms with Gasteiger partial charge in [-0.3, -0.25) is 0 Å². The minimum absolute atomic E-state index is 0.460. The van der Waals surface area contributed by atoms with E-state index in [9.17, 15) is 0 Å². The molecule has 4 rings (SSSR count). The highest BCUT2D eigenvalue weighted by atomic mass is 32.4. The zero-order chi connectivity index (χ0) is 23.5. The van der Waals surface area contributed by atoms with Crippen LogP contribution in [0.2, 0.25) is 26.2 Å². The fourth-order valence-corrected chi connectivity index (χ4v) is 34.1. The molecule has 0 bridgehead atoms. The molecular weight excluding hydrogens is 468 g/mol. The number of hydrogen-bond acceptors (Lipinski definition) is 1. The van der Waals surface area contributed by atoms with E-state index in [-0.39, 0.29) is 0 Å². The monoisotopic (exact) mass is 500 g/mol. The maximum atomic E-state index is 7.03. The standard InChI is InChI=1S/C29H33PSSi2/c1-32(2,27-21-13-7-14-22-27)29(33(3,4)28-23-15-8-16-24-28)30(31,25-17-9-5-10-18-25)26-19-11-6-12-20-26/h5-24,29H,1-4H3. The van der Waals surface area contributed by atoms with Gasteiger partial charge in [-0.05, 0) is 15.5 Å². The molecule has 0 nitrogen and oxygen atoms in total. The molecule has 0 aliphatic heterocycles. The summed E-state index contributed by atoms with van der Waals surface area (Å²) in [5.41, 5.74) is 0. The topological polar surface area (TPSA) is 0 Å². The summed E-state index contributed by atoms with van der Waals surface area (Å²) in [6.07, 6.45) is 0. The molecule has 4 heteroatoms. The molecule has 0 saturated carbocycles. The van der Waals surface area contributed by atoms with Gasteiger partial charge >= 0.3 is 0 Å². The lowest BCUT2D eigenvalue weighted by molar-refractivity contribution is 1.48. The predicted molar refractivity (Wildman–Crippen MR) is 157 cm³/mol. The van der Waals surface area contributed by atoms with Crippen molar-refractivity contribution >= 4 is 55.0 Å². The Morgan fingerprint density at radius 1 is 0.485 bits per heavy atom. The van der Waals surface area contributed by atoms with Gasteiger partial charge in [-0.1, -0.05) is 170 Å². The van der Waals surface area contributed by atoms with Gasteiger partial charge in [0.1, 0.15) is 0 Å². The lowest BCUT2D eigenvalue weighted by atomic mass is 10.4. The van der Waals surface area contributed by atoms with E-state index in [0.717, 1.165) is 0 Å². The molecule has 4 aromatic carbocycles. The van der Waals surface area contributed by atoms with E-state index in [1.807, 2.05) is 0 Å². The third kappa shape index (κ3) is 4.52. The zero-order valence-corrected chi connectivity index (χ0v) is 23.7. The van der Waals surface area contributed by atoms with Crippen LogP contribution in [0.4, 0.5) is 0 Å². The molecule has 0 fully saturated rings. The van der Waals surface area contributed by atoms with Crippen LogP contribution in [0.25, 0.3) is 0 Å². The van der Waals surface area contributed by atoms with E-state index < -0.39 is 22.2 Å². The molecule has 0 aliphatic carbocycles. The molecular formula is C29H33PSSi2. The first-order valence-electron chi connectivity index (χ1n) is 11.6. The van der Waals surface area contributed by atoms with Crippen molar-refractivity contribution < 1.29 is 0 Å². The maximum Gasteiger partial charge on any atom is 0.0870 e. The van der Waals surface area contributed by atoms with Crippen LogP contribution in [0.3, 0.4) is 0 Å². The lowest BCUT2D eigenvalue weighted by Gasteiger charge is -2.49. The second-order valence-electron chi connectivity index (χ2n) is 9.91. The summed E-state index contributed by atoms with van der Waals surface area (Å²) in [6.45, 7) is 10.3. The summed E-state index contributed by atoms with van der Waals surface area (Å²) in [4.78, 5) is 0.460. The Morgan fingerprint density at radius 2 is 0.758 bits per heavy atom. The minimum atomic E-state index is -2.15. The van der Waals surface area contributed by atoms with Crippen molar-refractivity contribution in [3.05, 3.63) is 121 Å². The highest BCUT2D eigenvalue weighted by Gasteiger charge is 2.53. The van der Waals surface area contributed by atoms with Crippen molar-refractivity contribution in [3.8, 4) is 0 Å².